The zero-order valence-electron chi connectivity index (χ0n) is 14.8. The number of allylic oxidation sites excluding steroid dienone is 1. The van der Waals surface area contributed by atoms with Gasteiger partial charge in [0.2, 0.25) is 0 Å². The molecule has 2 saturated heterocycles. The molecule has 5 atom stereocenters. The maximum atomic E-state index is 12.3. The molecule has 2 aliphatic carbocycles. The molecule has 0 aromatic heterocycles. The van der Waals surface area contributed by atoms with Crippen LogP contribution >= 0.6 is 0 Å². The summed E-state index contributed by atoms with van der Waals surface area (Å²) in [6, 6.07) is 0. The van der Waals surface area contributed by atoms with Gasteiger partial charge in [-0.15, -0.1) is 0 Å². The molecule has 3 heterocycles. The van der Waals surface area contributed by atoms with Crippen LogP contribution in [-0.2, 0) is 23.8 Å². The molecular weight excluding hydrogens is 320 g/mol. The Hall–Kier alpha value is -1.62. The Morgan fingerprint density at radius 3 is 2.76 bits per heavy atom. The topological polar surface area (TPSA) is 61.8 Å². The zero-order valence-corrected chi connectivity index (χ0v) is 14.8. The fraction of sp³-hybridized carbons (Fsp3) is 0.700. The van der Waals surface area contributed by atoms with E-state index in [1.807, 2.05) is 0 Å². The fourth-order valence-electron chi connectivity index (χ4n) is 6.30. The SMILES string of the molecule is C[C@]12CC[C@@]34COC(=O)C3=CCC[C@@H]4[C@@]1(C)C[C@H](C1=CC(=O)OC1)O2. The Labute approximate surface area is 147 Å². The summed E-state index contributed by atoms with van der Waals surface area (Å²) in [4.78, 5) is 23.7. The van der Waals surface area contributed by atoms with E-state index in [0.717, 1.165) is 43.3 Å². The van der Waals surface area contributed by atoms with Crippen LogP contribution in [0.1, 0.15) is 46.0 Å². The second kappa shape index (κ2) is 4.76. The fourth-order valence-corrected chi connectivity index (χ4v) is 6.30. The molecule has 5 rings (SSSR count). The molecule has 134 valence electrons. The van der Waals surface area contributed by atoms with E-state index in [0.29, 0.717) is 19.1 Å². The predicted molar refractivity (Wildman–Crippen MR) is 88.5 cm³/mol. The quantitative estimate of drug-likeness (QED) is 0.685. The summed E-state index contributed by atoms with van der Waals surface area (Å²) in [7, 11) is 0. The van der Waals surface area contributed by atoms with Crippen molar-refractivity contribution in [1.29, 1.82) is 0 Å². The minimum absolute atomic E-state index is 0.0457. The molecule has 1 spiro atoms. The van der Waals surface area contributed by atoms with Crippen molar-refractivity contribution in [2.75, 3.05) is 13.2 Å². The van der Waals surface area contributed by atoms with Crippen molar-refractivity contribution in [1.82, 2.24) is 0 Å². The lowest BCUT2D eigenvalue weighted by atomic mass is 9.46. The molecule has 0 amide bonds. The van der Waals surface area contributed by atoms with Gasteiger partial charge in [-0.05, 0) is 44.9 Å². The van der Waals surface area contributed by atoms with Gasteiger partial charge in [-0.2, -0.15) is 0 Å². The van der Waals surface area contributed by atoms with Crippen molar-refractivity contribution >= 4 is 11.9 Å². The number of hydrogen-bond acceptors (Lipinski definition) is 5. The first-order chi connectivity index (χ1) is 11.9. The third kappa shape index (κ3) is 1.82. The van der Waals surface area contributed by atoms with Crippen molar-refractivity contribution in [3.8, 4) is 0 Å². The number of cyclic esters (lactones) is 2. The molecule has 5 aliphatic rings. The number of rotatable bonds is 1. The Bertz CT molecular complexity index is 736. The minimum Gasteiger partial charge on any atom is -0.461 e. The van der Waals surface area contributed by atoms with Crippen LogP contribution in [0.2, 0.25) is 0 Å². The third-order valence-electron chi connectivity index (χ3n) is 7.82. The largest absolute Gasteiger partial charge is 0.461 e. The molecule has 3 aliphatic heterocycles. The number of carbonyl (C=O) groups excluding carboxylic acids is 2. The molecule has 3 fully saturated rings. The highest BCUT2D eigenvalue weighted by Crippen LogP contribution is 2.68. The second-order valence-corrected chi connectivity index (χ2v) is 8.77. The molecule has 0 N–H and O–H groups in total. The van der Waals surface area contributed by atoms with Crippen molar-refractivity contribution in [3.63, 3.8) is 0 Å². The molecule has 5 heteroatoms. The Balaban J connectivity index is 1.54. The lowest BCUT2D eigenvalue weighted by Gasteiger charge is -2.57. The first-order valence-electron chi connectivity index (χ1n) is 9.31. The van der Waals surface area contributed by atoms with E-state index in [-0.39, 0.29) is 34.5 Å². The number of esters is 2. The molecule has 0 aromatic carbocycles. The van der Waals surface area contributed by atoms with Gasteiger partial charge in [-0.3, -0.25) is 0 Å². The Morgan fingerprint density at radius 2 is 2.00 bits per heavy atom. The van der Waals surface area contributed by atoms with Gasteiger partial charge < -0.3 is 14.2 Å². The molecule has 0 bridgehead atoms. The lowest BCUT2D eigenvalue weighted by Crippen LogP contribution is -2.57. The smallest absolute Gasteiger partial charge is 0.334 e. The highest BCUT2D eigenvalue weighted by molar-refractivity contribution is 5.92. The Morgan fingerprint density at radius 1 is 1.16 bits per heavy atom. The van der Waals surface area contributed by atoms with Crippen molar-refractivity contribution in [3.05, 3.63) is 23.3 Å². The first-order valence-corrected chi connectivity index (χ1v) is 9.31. The lowest BCUT2D eigenvalue weighted by molar-refractivity contribution is -0.149. The highest BCUT2D eigenvalue weighted by atomic mass is 16.5. The molecule has 0 aromatic rings. The summed E-state index contributed by atoms with van der Waals surface area (Å²) in [5.41, 5.74) is 1.44. The van der Waals surface area contributed by atoms with Gasteiger partial charge in [0.15, 0.2) is 0 Å². The van der Waals surface area contributed by atoms with E-state index in [1.54, 1.807) is 6.08 Å². The van der Waals surface area contributed by atoms with Gasteiger partial charge in [-0.1, -0.05) is 13.0 Å². The normalized spacial score (nSPS) is 48.1. The van der Waals surface area contributed by atoms with E-state index >= 15 is 0 Å². The van der Waals surface area contributed by atoms with Crippen LogP contribution in [0, 0.1) is 16.7 Å². The predicted octanol–water partition coefficient (Wildman–Crippen LogP) is 2.70. The first kappa shape index (κ1) is 15.6. The molecule has 5 nitrogen and oxygen atoms in total. The molecule has 1 saturated carbocycles. The van der Waals surface area contributed by atoms with Crippen LogP contribution in [0.5, 0.6) is 0 Å². The van der Waals surface area contributed by atoms with Gasteiger partial charge >= 0.3 is 11.9 Å². The summed E-state index contributed by atoms with van der Waals surface area (Å²) < 4.78 is 17.2. The summed E-state index contributed by atoms with van der Waals surface area (Å²) >= 11 is 0. The number of fused-ring (bicyclic) bond motifs is 2. The average molecular weight is 344 g/mol. The molecular formula is C20H24O5. The van der Waals surface area contributed by atoms with Crippen molar-refractivity contribution < 1.29 is 23.8 Å². The van der Waals surface area contributed by atoms with Gasteiger partial charge in [0.25, 0.3) is 0 Å². The summed E-state index contributed by atoms with van der Waals surface area (Å²) in [5.74, 6) is -0.0170. The van der Waals surface area contributed by atoms with E-state index in [9.17, 15) is 9.59 Å². The van der Waals surface area contributed by atoms with Crippen molar-refractivity contribution in [2.45, 2.75) is 57.7 Å². The van der Waals surface area contributed by atoms with E-state index in [4.69, 9.17) is 14.2 Å². The van der Waals surface area contributed by atoms with Crippen LogP contribution in [0.25, 0.3) is 0 Å². The van der Waals surface area contributed by atoms with Crippen LogP contribution in [0.3, 0.4) is 0 Å². The Kier molecular flexibility index (Phi) is 2.97. The molecule has 0 unspecified atom stereocenters. The van der Waals surface area contributed by atoms with Crippen LogP contribution in [-0.4, -0.2) is 36.9 Å². The maximum Gasteiger partial charge on any atom is 0.334 e. The minimum atomic E-state index is -0.266. The average Bonchev–Trinajstić information content (AvgIpc) is 3.23. The summed E-state index contributed by atoms with van der Waals surface area (Å²) in [6.07, 6.45) is 8.35. The number of carbonyl (C=O) groups is 2. The standard InChI is InChI=1S/C20H24O5/c1-18-9-14(12-8-16(21)23-10-12)25-19(18,2)6-7-20-11-24-17(22)13(20)4-3-5-15(18)20/h4,8,14-15H,3,5-7,9-11H2,1-2H3/t14-,15-,18-,19+,20-/m1/s1. The maximum absolute atomic E-state index is 12.3. The van der Waals surface area contributed by atoms with Crippen LogP contribution < -0.4 is 0 Å². The number of hydrogen-bond donors (Lipinski definition) is 0. The van der Waals surface area contributed by atoms with Gasteiger partial charge in [0.05, 0.1) is 11.7 Å². The van der Waals surface area contributed by atoms with E-state index in [1.165, 1.54) is 0 Å². The van der Waals surface area contributed by atoms with Gasteiger partial charge in [-0.25, -0.2) is 9.59 Å². The molecule has 25 heavy (non-hydrogen) atoms. The van der Waals surface area contributed by atoms with E-state index < -0.39 is 0 Å². The van der Waals surface area contributed by atoms with Crippen LogP contribution in [0.4, 0.5) is 0 Å². The highest BCUT2D eigenvalue weighted by Gasteiger charge is 2.69. The summed E-state index contributed by atoms with van der Waals surface area (Å²) in [5, 5.41) is 0. The third-order valence-corrected chi connectivity index (χ3v) is 7.82. The number of ether oxygens (including phenoxy) is 3. The van der Waals surface area contributed by atoms with E-state index in [2.05, 4.69) is 19.9 Å². The van der Waals surface area contributed by atoms with Gasteiger partial charge in [0.1, 0.15) is 13.2 Å². The summed E-state index contributed by atoms with van der Waals surface area (Å²) in [6.45, 7) is 5.40. The second-order valence-electron chi connectivity index (χ2n) is 8.77. The van der Waals surface area contributed by atoms with Gasteiger partial charge in [0, 0.05) is 28.1 Å². The van der Waals surface area contributed by atoms with Crippen molar-refractivity contribution in [2.24, 2.45) is 16.7 Å². The zero-order chi connectivity index (χ0) is 17.4. The monoisotopic (exact) mass is 344 g/mol. The molecule has 0 radical (unpaired) electrons. The van der Waals surface area contributed by atoms with Crippen LogP contribution in [0.15, 0.2) is 23.3 Å².